The van der Waals surface area contributed by atoms with Gasteiger partial charge in [-0.15, -0.1) is 0 Å². The summed E-state index contributed by atoms with van der Waals surface area (Å²) in [6.07, 6.45) is -0.764. The normalized spacial score (nSPS) is 12.0. The molecule has 0 aliphatic heterocycles. The predicted molar refractivity (Wildman–Crippen MR) is 80.8 cm³/mol. The van der Waals surface area contributed by atoms with Crippen LogP contribution in [0, 0.1) is 0 Å². The van der Waals surface area contributed by atoms with Crippen molar-refractivity contribution in [1.29, 1.82) is 0 Å². The Bertz CT molecular complexity index is 573. The first-order valence-electron chi connectivity index (χ1n) is 6.67. The van der Waals surface area contributed by atoms with E-state index in [0.29, 0.717) is 18.1 Å². The highest BCUT2D eigenvalue weighted by Gasteiger charge is 2.16. The van der Waals surface area contributed by atoms with Crippen LogP contribution in [-0.2, 0) is 11.3 Å². The monoisotopic (exact) mass is 288 g/mol. The van der Waals surface area contributed by atoms with E-state index in [1.165, 1.54) is 0 Å². The van der Waals surface area contributed by atoms with Gasteiger partial charge in [0, 0.05) is 13.2 Å². The highest BCUT2D eigenvalue weighted by Crippen LogP contribution is 2.31. The summed E-state index contributed by atoms with van der Waals surface area (Å²) in [5, 5.41) is 10.7. The molecule has 112 valence electrons. The standard InChI is InChI=1S/C17H20O4/c1-19-11-12-6-4-5-7-16(12)17(18)13-8-14(20-2)10-15(9-13)21-3/h4-10,17-18H,11H2,1-3H3. The molecule has 0 fully saturated rings. The molecule has 0 bridgehead atoms. The van der Waals surface area contributed by atoms with Crippen LogP contribution in [0.1, 0.15) is 22.8 Å². The third-order valence-corrected chi connectivity index (χ3v) is 3.34. The number of aliphatic hydroxyl groups excluding tert-OH is 1. The van der Waals surface area contributed by atoms with Crippen LogP contribution < -0.4 is 9.47 Å². The summed E-state index contributed by atoms with van der Waals surface area (Å²) in [5.41, 5.74) is 2.48. The van der Waals surface area contributed by atoms with E-state index < -0.39 is 6.10 Å². The molecule has 0 aliphatic rings. The average molecular weight is 288 g/mol. The third kappa shape index (κ3) is 3.54. The van der Waals surface area contributed by atoms with Gasteiger partial charge < -0.3 is 19.3 Å². The van der Waals surface area contributed by atoms with Crippen molar-refractivity contribution < 1.29 is 19.3 Å². The van der Waals surface area contributed by atoms with Crippen molar-refractivity contribution >= 4 is 0 Å². The Hall–Kier alpha value is -2.04. The van der Waals surface area contributed by atoms with Gasteiger partial charge in [0.25, 0.3) is 0 Å². The Morgan fingerprint density at radius 2 is 1.57 bits per heavy atom. The first-order chi connectivity index (χ1) is 10.2. The summed E-state index contributed by atoms with van der Waals surface area (Å²) < 4.78 is 15.7. The van der Waals surface area contributed by atoms with Crippen LogP contribution >= 0.6 is 0 Å². The van der Waals surface area contributed by atoms with Crippen molar-refractivity contribution in [1.82, 2.24) is 0 Å². The molecule has 1 N–H and O–H groups in total. The van der Waals surface area contributed by atoms with Gasteiger partial charge in [-0.2, -0.15) is 0 Å². The molecule has 2 aromatic carbocycles. The van der Waals surface area contributed by atoms with E-state index in [-0.39, 0.29) is 0 Å². The van der Waals surface area contributed by atoms with E-state index in [2.05, 4.69) is 0 Å². The van der Waals surface area contributed by atoms with Gasteiger partial charge in [-0.1, -0.05) is 24.3 Å². The molecule has 0 saturated heterocycles. The first-order valence-corrected chi connectivity index (χ1v) is 6.67. The van der Waals surface area contributed by atoms with Crippen LogP contribution in [0.3, 0.4) is 0 Å². The van der Waals surface area contributed by atoms with Gasteiger partial charge in [0.1, 0.15) is 17.6 Å². The largest absolute Gasteiger partial charge is 0.497 e. The van der Waals surface area contributed by atoms with Gasteiger partial charge in [0.05, 0.1) is 20.8 Å². The quantitative estimate of drug-likeness (QED) is 0.888. The number of aliphatic hydroxyl groups is 1. The van der Waals surface area contributed by atoms with Crippen molar-refractivity contribution in [2.75, 3.05) is 21.3 Å². The second-order valence-electron chi connectivity index (χ2n) is 4.68. The van der Waals surface area contributed by atoms with Gasteiger partial charge in [0.2, 0.25) is 0 Å². The van der Waals surface area contributed by atoms with E-state index in [4.69, 9.17) is 14.2 Å². The molecule has 0 aliphatic carbocycles. The summed E-state index contributed by atoms with van der Waals surface area (Å²) >= 11 is 0. The summed E-state index contributed by atoms with van der Waals surface area (Å²) in [6, 6.07) is 13.0. The molecule has 0 amide bonds. The average Bonchev–Trinajstić information content (AvgIpc) is 2.54. The first kappa shape index (κ1) is 15.4. The van der Waals surface area contributed by atoms with E-state index in [1.807, 2.05) is 24.3 Å². The molecule has 1 atom stereocenters. The van der Waals surface area contributed by atoms with Gasteiger partial charge in [0.15, 0.2) is 0 Å². The van der Waals surface area contributed by atoms with Crippen LogP contribution in [0.25, 0.3) is 0 Å². The van der Waals surface area contributed by atoms with Gasteiger partial charge in [-0.3, -0.25) is 0 Å². The van der Waals surface area contributed by atoms with E-state index >= 15 is 0 Å². The Morgan fingerprint density at radius 1 is 0.952 bits per heavy atom. The summed E-state index contributed by atoms with van der Waals surface area (Å²) in [7, 11) is 4.81. The number of benzene rings is 2. The van der Waals surface area contributed by atoms with Gasteiger partial charge >= 0.3 is 0 Å². The lowest BCUT2D eigenvalue weighted by Gasteiger charge is -2.17. The SMILES string of the molecule is COCc1ccccc1C(O)c1cc(OC)cc(OC)c1. The molecule has 0 aromatic heterocycles. The van der Waals surface area contributed by atoms with E-state index in [0.717, 1.165) is 16.7 Å². The molecule has 21 heavy (non-hydrogen) atoms. The summed E-state index contributed by atoms with van der Waals surface area (Å²) in [6.45, 7) is 0.453. The minimum Gasteiger partial charge on any atom is -0.497 e. The zero-order valence-corrected chi connectivity index (χ0v) is 12.5. The second kappa shape index (κ2) is 7.11. The second-order valence-corrected chi connectivity index (χ2v) is 4.68. The minimum atomic E-state index is -0.764. The van der Waals surface area contributed by atoms with Crippen LogP contribution in [0.4, 0.5) is 0 Å². The Morgan fingerprint density at radius 3 is 2.14 bits per heavy atom. The highest BCUT2D eigenvalue weighted by molar-refractivity contribution is 5.43. The van der Waals surface area contributed by atoms with Crippen molar-refractivity contribution in [3.8, 4) is 11.5 Å². The number of ether oxygens (including phenoxy) is 3. The molecule has 2 rings (SSSR count). The van der Waals surface area contributed by atoms with Crippen molar-refractivity contribution in [3.05, 3.63) is 59.2 Å². The molecule has 0 spiro atoms. The Kier molecular flexibility index (Phi) is 5.20. The van der Waals surface area contributed by atoms with Crippen LogP contribution in [0.15, 0.2) is 42.5 Å². The van der Waals surface area contributed by atoms with Crippen molar-refractivity contribution in [2.24, 2.45) is 0 Å². The molecule has 2 aromatic rings. The number of rotatable bonds is 6. The smallest absolute Gasteiger partial charge is 0.122 e. The number of hydrogen-bond donors (Lipinski definition) is 1. The lowest BCUT2D eigenvalue weighted by molar-refractivity contribution is 0.176. The fraction of sp³-hybridized carbons (Fsp3) is 0.294. The summed E-state index contributed by atoms with van der Waals surface area (Å²) in [5.74, 6) is 1.29. The lowest BCUT2D eigenvalue weighted by Crippen LogP contribution is -2.05. The molecular formula is C17H20O4. The topological polar surface area (TPSA) is 47.9 Å². The Labute approximate surface area is 124 Å². The van der Waals surface area contributed by atoms with E-state index in [1.54, 1.807) is 39.5 Å². The predicted octanol–water partition coefficient (Wildman–Crippen LogP) is 2.93. The molecule has 0 radical (unpaired) electrons. The van der Waals surface area contributed by atoms with Crippen LogP contribution in [0.2, 0.25) is 0 Å². The number of methoxy groups -OCH3 is 3. The van der Waals surface area contributed by atoms with Crippen molar-refractivity contribution in [2.45, 2.75) is 12.7 Å². The van der Waals surface area contributed by atoms with Crippen LogP contribution in [-0.4, -0.2) is 26.4 Å². The highest BCUT2D eigenvalue weighted by atomic mass is 16.5. The fourth-order valence-corrected chi connectivity index (χ4v) is 2.25. The minimum absolute atomic E-state index is 0.453. The maximum atomic E-state index is 10.7. The molecule has 0 heterocycles. The molecule has 1 unspecified atom stereocenters. The van der Waals surface area contributed by atoms with Gasteiger partial charge in [-0.05, 0) is 28.8 Å². The Balaban J connectivity index is 2.41. The molecular weight excluding hydrogens is 268 g/mol. The molecule has 4 heteroatoms. The number of hydrogen-bond acceptors (Lipinski definition) is 4. The van der Waals surface area contributed by atoms with Gasteiger partial charge in [-0.25, -0.2) is 0 Å². The maximum Gasteiger partial charge on any atom is 0.122 e. The van der Waals surface area contributed by atoms with Crippen LogP contribution in [0.5, 0.6) is 11.5 Å². The molecule has 4 nitrogen and oxygen atoms in total. The lowest BCUT2D eigenvalue weighted by atomic mass is 9.97. The third-order valence-electron chi connectivity index (χ3n) is 3.34. The van der Waals surface area contributed by atoms with Crippen molar-refractivity contribution in [3.63, 3.8) is 0 Å². The maximum absolute atomic E-state index is 10.7. The summed E-state index contributed by atoms with van der Waals surface area (Å²) in [4.78, 5) is 0. The zero-order valence-electron chi connectivity index (χ0n) is 12.5. The van der Waals surface area contributed by atoms with E-state index in [9.17, 15) is 5.11 Å². The molecule has 0 saturated carbocycles. The zero-order chi connectivity index (χ0) is 15.2. The fourth-order valence-electron chi connectivity index (χ4n) is 2.25.